The van der Waals surface area contributed by atoms with Gasteiger partial charge in [-0.3, -0.25) is 9.59 Å². The Labute approximate surface area is 148 Å². The number of hydrogen-bond donors (Lipinski definition) is 3. The van der Waals surface area contributed by atoms with Crippen LogP contribution in [0.1, 0.15) is 68.6 Å². The van der Waals surface area contributed by atoms with Gasteiger partial charge in [-0.25, -0.2) is 4.79 Å². The van der Waals surface area contributed by atoms with Gasteiger partial charge in [-0.1, -0.05) is 33.1 Å². The highest BCUT2D eigenvalue weighted by molar-refractivity contribution is 5.92. The Balaban J connectivity index is 1.80. The largest absolute Gasteiger partial charge is 0.353 e. The van der Waals surface area contributed by atoms with Crippen LogP contribution in [0.15, 0.2) is 10.9 Å². The minimum Gasteiger partial charge on any atom is -0.353 e. The molecule has 0 radical (unpaired) electrons. The molecule has 25 heavy (non-hydrogen) atoms. The maximum absolute atomic E-state index is 12.1. The molecule has 1 aromatic rings. The molecular weight excluding hydrogens is 320 g/mol. The van der Waals surface area contributed by atoms with Gasteiger partial charge in [-0.2, -0.15) is 4.98 Å². The molecule has 0 saturated heterocycles. The molecule has 0 aliphatic heterocycles. The van der Waals surface area contributed by atoms with Crippen molar-refractivity contribution < 1.29 is 9.59 Å². The van der Waals surface area contributed by atoms with Crippen molar-refractivity contribution in [2.45, 2.75) is 64.8 Å². The summed E-state index contributed by atoms with van der Waals surface area (Å²) in [5.41, 5.74) is 0.251. The number of nitrogens with zero attached hydrogens (tertiary/aromatic N) is 1. The van der Waals surface area contributed by atoms with Crippen LogP contribution in [-0.2, 0) is 11.2 Å². The first-order valence-corrected chi connectivity index (χ1v) is 9.12. The van der Waals surface area contributed by atoms with Crippen LogP contribution in [0, 0.1) is 5.92 Å². The Morgan fingerprint density at radius 1 is 1.28 bits per heavy atom. The fourth-order valence-corrected chi connectivity index (χ4v) is 3.10. The monoisotopic (exact) mass is 348 g/mol. The summed E-state index contributed by atoms with van der Waals surface area (Å²) in [4.78, 5) is 42.0. The van der Waals surface area contributed by atoms with Gasteiger partial charge in [0.25, 0.3) is 5.91 Å². The first-order chi connectivity index (χ1) is 11.9. The normalized spacial score (nSPS) is 15.2. The van der Waals surface area contributed by atoms with Gasteiger partial charge in [0.15, 0.2) is 0 Å². The number of hydrogen-bond acceptors (Lipinski definition) is 4. The fourth-order valence-electron chi connectivity index (χ4n) is 3.10. The highest BCUT2D eigenvalue weighted by Gasteiger charge is 2.16. The van der Waals surface area contributed by atoms with E-state index in [1.807, 2.05) is 13.8 Å². The van der Waals surface area contributed by atoms with Gasteiger partial charge in [0.05, 0.1) is 0 Å². The minimum atomic E-state index is -0.529. The lowest BCUT2D eigenvalue weighted by molar-refractivity contribution is -0.121. The van der Waals surface area contributed by atoms with Crippen molar-refractivity contribution in [1.82, 2.24) is 20.6 Å². The van der Waals surface area contributed by atoms with E-state index in [1.165, 1.54) is 6.42 Å². The smallest absolute Gasteiger partial charge is 0.345 e. The molecular formula is C18H28N4O3. The van der Waals surface area contributed by atoms with Crippen LogP contribution in [0.4, 0.5) is 0 Å². The quantitative estimate of drug-likeness (QED) is 0.695. The standard InChI is InChI=1S/C18H28N4O3/c1-12(2)10-14-11-15(22-18(25)21-14)17(24)19-9-8-16(23)20-13-6-4-3-5-7-13/h11-13H,3-10H2,1-2H3,(H,19,24)(H,20,23)(H,21,22,25). The van der Waals surface area contributed by atoms with Crippen LogP contribution < -0.4 is 16.3 Å². The molecule has 0 aromatic carbocycles. The van der Waals surface area contributed by atoms with Crippen molar-refractivity contribution in [2.24, 2.45) is 5.92 Å². The number of aromatic amines is 1. The molecule has 2 amide bonds. The predicted octanol–water partition coefficient (Wildman–Crippen LogP) is 1.54. The SMILES string of the molecule is CC(C)Cc1cc(C(=O)NCCC(=O)NC2CCCCC2)nc(=O)[nH]1. The summed E-state index contributed by atoms with van der Waals surface area (Å²) in [5.74, 6) is -0.120. The second kappa shape index (κ2) is 9.34. The van der Waals surface area contributed by atoms with Gasteiger partial charge >= 0.3 is 5.69 Å². The van der Waals surface area contributed by atoms with Crippen LogP contribution in [0.2, 0.25) is 0 Å². The van der Waals surface area contributed by atoms with Gasteiger partial charge in [0.1, 0.15) is 5.69 Å². The second-order valence-corrected chi connectivity index (χ2v) is 7.10. The molecule has 1 fully saturated rings. The zero-order valence-corrected chi connectivity index (χ0v) is 15.1. The van der Waals surface area contributed by atoms with Gasteiger partial charge in [0.2, 0.25) is 5.91 Å². The zero-order chi connectivity index (χ0) is 18.2. The van der Waals surface area contributed by atoms with Crippen LogP contribution in [0.5, 0.6) is 0 Å². The molecule has 1 saturated carbocycles. The lowest BCUT2D eigenvalue weighted by Crippen LogP contribution is -2.38. The average Bonchev–Trinajstić information content (AvgIpc) is 2.54. The molecule has 1 aliphatic rings. The minimum absolute atomic E-state index is 0.0495. The molecule has 1 aromatic heterocycles. The summed E-state index contributed by atoms with van der Waals surface area (Å²) >= 11 is 0. The maximum atomic E-state index is 12.1. The molecule has 7 heteroatoms. The van der Waals surface area contributed by atoms with Crippen molar-refractivity contribution in [3.63, 3.8) is 0 Å². The Morgan fingerprint density at radius 2 is 2.00 bits per heavy atom. The number of rotatable bonds is 7. The van der Waals surface area contributed by atoms with E-state index in [0.717, 1.165) is 25.7 Å². The van der Waals surface area contributed by atoms with E-state index in [0.29, 0.717) is 18.0 Å². The van der Waals surface area contributed by atoms with Crippen LogP contribution in [0.3, 0.4) is 0 Å². The third-order valence-corrected chi connectivity index (χ3v) is 4.27. The predicted molar refractivity (Wildman–Crippen MR) is 95.4 cm³/mol. The van der Waals surface area contributed by atoms with Crippen molar-refractivity contribution in [1.29, 1.82) is 0 Å². The number of carbonyl (C=O) groups is 2. The molecule has 0 spiro atoms. The molecule has 0 atom stereocenters. The number of H-pyrrole nitrogens is 1. The summed E-state index contributed by atoms with van der Waals surface area (Å²) < 4.78 is 0. The molecule has 0 bridgehead atoms. The zero-order valence-electron chi connectivity index (χ0n) is 15.1. The van der Waals surface area contributed by atoms with Gasteiger partial charge < -0.3 is 15.6 Å². The Morgan fingerprint density at radius 3 is 2.68 bits per heavy atom. The molecule has 1 heterocycles. The van der Waals surface area contributed by atoms with Crippen LogP contribution in [-0.4, -0.2) is 34.4 Å². The molecule has 1 aliphatic carbocycles. The summed E-state index contributed by atoms with van der Waals surface area (Å²) in [6.45, 7) is 4.29. The maximum Gasteiger partial charge on any atom is 0.345 e. The number of aromatic nitrogens is 2. The third kappa shape index (κ3) is 6.68. The van der Waals surface area contributed by atoms with Crippen molar-refractivity contribution >= 4 is 11.8 Å². The molecule has 0 unspecified atom stereocenters. The van der Waals surface area contributed by atoms with E-state index in [1.54, 1.807) is 6.07 Å². The van der Waals surface area contributed by atoms with E-state index < -0.39 is 11.6 Å². The van der Waals surface area contributed by atoms with E-state index in [4.69, 9.17) is 0 Å². The van der Waals surface area contributed by atoms with Crippen molar-refractivity contribution in [3.8, 4) is 0 Å². The van der Waals surface area contributed by atoms with Crippen molar-refractivity contribution in [3.05, 3.63) is 27.9 Å². The highest BCUT2D eigenvalue weighted by Crippen LogP contribution is 2.17. The van der Waals surface area contributed by atoms with E-state index >= 15 is 0 Å². The van der Waals surface area contributed by atoms with Crippen LogP contribution in [0.25, 0.3) is 0 Å². The summed E-state index contributed by atoms with van der Waals surface area (Å²) in [6, 6.07) is 1.86. The molecule has 7 nitrogen and oxygen atoms in total. The molecule has 2 rings (SSSR count). The van der Waals surface area contributed by atoms with Gasteiger partial charge in [-0.15, -0.1) is 0 Å². The Hall–Kier alpha value is -2.18. The van der Waals surface area contributed by atoms with Crippen molar-refractivity contribution in [2.75, 3.05) is 6.54 Å². The fraction of sp³-hybridized carbons (Fsp3) is 0.667. The first kappa shape index (κ1) is 19.1. The van der Waals surface area contributed by atoms with Gasteiger partial charge in [0, 0.05) is 24.7 Å². The van der Waals surface area contributed by atoms with Crippen LogP contribution >= 0.6 is 0 Å². The first-order valence-electron chi connectivity index (χ1n) is 9.12. The average molecular weight is 348 g/mol. The number of nitrogens with one attached hydrogen (secondary N) is 3. The topological polar surface area (TPSA) is 104 Å². The molecule has 138 valence electrons. The van der Waals surface area contributed by atoms with Gasteiger partial charge in [-0.05, 0) is 31.2 Å². The number of carbonyl (C=O) groups excluding carboxylic acids is 2. The lowest BCUT2D eigenvalue weighted by atomic mass is 9.95. The Bertz CT molecular complexity index is 648. The third-order valence-electron chi connectivity index (χ3n) is 4.27. The number of amides is 2. The van der Waals surface area contributed by atoms with E-state index in [-0.39, 0.29) is 30.6 Å². The van der Waals surface area contributed by atoms with E-state index in [9.17, 15) is 14.4 Å². The summed E-state index contributed by atoms with van der Waals surface area (Å²) in [6.07, 6.45) is 6.53. The lowest BCUT2D eigenvalue weighted by Gasteiger charge is -2.22. The highest BCUT2D eigenvalue weighted by atomic mass is 16.2. The van der Waals surface area contributed by atoms with E-state index in [2.05, 4.69) is 20.6 Å². The molecule has 3 N–H and O–H groups in total. The second-order valence-electron chi connectivity index (χ2n) is 7.10. The summed E-state index contributed by atoms with van der Waals surface area (Å²) in [7, 11) is 0. The summed E-state index contributed by atoms with van der Waals surface area (Å²) in [5, 5.41) is 5.67. The Kier molecular flexibility index (Phi) is 7.16.